The van der Waals surface area contributed by atoms with E-state index in [0.717, 1.165) is 31.3 Å². The number of imidazole rings is 1. The number of hydrogen-bond donors (Lipinski definition) is 1. The van der Waals surface area contributed by atoms with Gasteiger partial charge in [-0.15, -0.1) is 0 Å². The number of nitrogens with one attached hydrogen (secondary N) is 1. The largest absolute Gasteiger partial charge is 0.355 e. The summed E-state index contributed by atoms with van der Waals surface area (Å²) < 4.78 is 29.1. The lowest BCUT2D eigenvalue weighted by atomic mass is 10.2. The number of amides is 1. The molecule has 1 aliphatic rings. The van der Waals surface area contributed by atoms with Gasteiger partial charge in [0, 0.05) is 39.1 Å². The van der Waals surface area contributed by atoms with Crippen molar-refractivity contribution in [2.45, 2.75) is 37.1 Å². The van der Waals surface area contributed by atoms with Gasteiger partial charge >= 0.3 is 0 Å². The van der Waals surface area contributed by atoms with E-state index >= 15 is 0 Å². The number of aryl methyl sites for hydroxylation is 1. The van der Waals surface area contributed by atoms with Crippen LogP contribution in [0.1, 0.15) is 25.7 Å². The van der Waals surface area contributed by atoms with Gasteiger partial charge < -0.3 is 14.8 Å². The van der Waals surface area contributed by atoms with E-state index in [1.165, 1.54) is 0 Å². The highest BCUT2D eigenvalue weighted by atomic mass is 32.2. The third-order valence-electron chi connectivity index (χ3n) is 5.01. The van der Waals surface area contributed by atoms with Crippen LogP contribution in [0.25, 0.3) is 11.0 Å². The number of likely N-dealkylation sites (N-methyl/N-ethyl adjacent to an activating group) is 1. The van der Waals surface area contributed by atoms with Gasteiger partial charge in [0.05, 0.1) is 22.3 Å². The Bertz CT molecular complexity index is 917. The normalized spacial score (nSPS) is 16.0. The summed E-state index contributed by atoms with van der Waals surface area (Å²) in [4.78, 5) is 18.6. The van der Waals surface area contributed by atoms with E-state index in [1.807, 2.05) is 23.6 Å². The molecule has 0 unspecified atom stereocenters. The molecule has 9 heteroatoms. The number of carbonyl (C=O) groups is 1. The number of aromatic nitrogens is 2. The van der Waals surface area contributed by atoms with Crippen LogP contribution in [-0.4, -0.2) is 73.4 Å². The summed E-state index contributed by atoms with van der Waals surface area (Å²) in [6.07, 6.45) is 4.92. The van der Waals surface area contributed by atoms with Crippen molar-refractivity contribution < 1.29 is 13.2 Å². The Kier molecular flexibility index (Phi) is 6.69. The maximum absolute atomic E-state index is 12.8. The number of nitrogens with zero attached hydrogens (tertiary/aromatic N) is 4. The van der Waals surface area contributed by atoms with E-state index in [2.05, 4.69) is 10.3 Å². The van der Waals surface area contributed by atoms with Crippen LogP contribution < -0.4 is 5.32 Å². The molecule has 0 bridgehead atoms. The molecule has 0 aliphatic carbocycles. The molecule has 2 aromatic rings. The molecule has 3 rings (SSSR count). The van der Waals surface area contributed by atoms with Crippen molar-refractivity contribution in [2.24, 2.45) is 0 Å². The fourth-order valence-electron chi connectivity index (χ4n) is 3.37. The molecule has 1 amide bonds. The number of carbonyl (C=O) groups excluding carboxylic acids is 1. The molecule has 1 saturated heterocycles. The topological polar surface area (TPSA) is 87.5 Å². The molecule has 0 saturated carbocycles. The van der Waals surface area contributed by atoms with Crippen LogP contribution in [0.3, 0.4) is 0 Å². The molecule has 28 heavy (non-hydrogen) atoms. The summed E-state index contributed by atoms with van der Waals surface area (Å²) in [6, 6.07) is 5.05. The van der Waals surface area contributed by atoms with Crippen molar-refractivity contribution in [1.82, 2.24) is 24.1 Å². The standard InChI is InChI=1S/C19H29N5O3S/c1-22(2)13-9-20-19(25)8-12-23-15-21-17-14-16(6-7-18(17)23)28(26,27)24-10-4-3-5-11-24/h6-7,14-15H,3-5,8-13H2,1-2H3,(H,20,25). The minimum absolute atomic E-state index is 0.00648. The van der Waals surface area contributed by atoms with Gasteiger partial charge in [-0.3, -0.25) is 4.79 Å². The average molecular weight is 408 g/mol. The summed E-state index contributed by atoms with van der Waals surface area (Å²) in [5.74, 6) is -0.00648. The van der Waals surface area contributed by atoms with E-state index in [-0.39, 0.29) is 10.8 Å². The molecule has 1 aliphatic heterocycles. The Balaban J connectivity index is 1.66. The number of benzene rings is 1. The van der Waals surface area contributed by atoms with Gasteiger partial charge in [0.25, 0.3) is 0 Å². The molecule has 0 spiro atoms. The Labute approximate surface area is 166 Å². The lowest BCUT2D eigenvalue weighted by Gasteiger charge is -2.25. The maximum Gasteiger partial charge on any atom is 0.243 e. The van der Waals surface area contributed by atoms with Gasteiger partial charge in [-0.2, -0.15) is 4.31 Å². The lowest BCUT2D eigenvalue weighted by molar-refractivity contribution is -0.121. The first-order valence-corrected chi connectivity index (χ1v) is 11.2. The number of fused-ring (bicyclic) bond motifs is 1. The quantitative estimate of drug-likeness (QED) is 0.712. The second-order valence-corrected chi connectivity index (χ2v) is 9.39. The van der Waals surface area contributed by atoms with E-state index in [4.69, 9.17) is 0 Å². The first-order valence-electron chi connectivity index (χ1n) is 9.74. The minimum atomic E-state index is -3.47. The minimum Gasteiger partial charge on any atom is -0.355 e. The molecule has 0 radical (unpaired) electrons. The zero-order chi connectivity index (χ0) is 20.1. The van der Waals surface area contributed by atoms with Crippen LogP contribution >= 0.6 is 0 Å². The highest BCUT2D eigenvalue weighted by molar-refractivity contribution is 7.89. The van der Waals surface area contributed by atoms with E-state index in [1.54, 1.807) is 28.8 Å². The molecular weight excluding hydrogens is 378 g/mol. The summed E-state index contributed by atoms with van der Waals surface area (Å²) in [5, 5.41) is 2.89. The number of sulfonamides is 1. The Morgan fingerprint density at radius 2 is 1.96 bits per heavy atom. The summed E-state index contributed by atoms with van der Waals surface area (Å²) >= 11 is 0. The molecule has 0 atom stereocenters. The Morgan fingerprint density at radius 1 is 1.21 bits per heavy atom. The van der Waals surface area contributed by atoms with Crippen LogP contribution in [0.4, 0.5) is 0 Å². The summed E-state index contributed by atoms with van der Waals surface area (Å²) in [6.45, 7) is 3.08. The zero-order valence-electron chi connectivity index (χ0n) is 16.6. The smallest absolute Gasteiger partial charge is 0.243 e. The summed E-state index contributed by atoms with van der Waals surface area (Å²) in [5.41, 5.74) is 1.46. The zero-order valence-corrected chi connectivity index (χ0v) is 17.4. The highest BCUT2D eigenvalue weighted by Crippen LogP contribution is 2.24. The Morgan fingerprint density at radius 3 is 2.68 bits per heavy atom. The van der Waals surface area contributed by atoms with Crippen LogP contribution in [0.5, 0.6) is 0 Å². The number of piperidine rings is 1. The van der Waals surface area contributed by atoms with E-state index in [9.17, 15) is 13.2 Å². The average Bonchev–Trinajstić information content (AvgIpc) is 3.09. The molecule has 1 N–H and O–H groups in total. The van der Waals surface area contributed by atoms with Crippen molar-refractivity contribution >= 4 is 27.0 Å². The second kappa shape index (κ2) is 9.02. The number of hydrogen-bond acceptors (Lipinski definition) is 5. The number of rotatable bonds is 8. The summed E-state index contributed by atoms with van der Waals surface area (Å²) in [7, 11) is 0.452. The maximum atomic E-state index is 12.8. The van der Waals surface area contributed by atoms with E-state index < -0.39 is 10.0 Å². The SMILES string of the molecule is CN(C)CCNC(=O)CCn1cnc2cc(S(=O)(=O)N3CCCCC3)ccc21. The van der Waals surface area contributed by atoms with Gasteiger partial charge in [0.2, 0.25) is 15.9 Å². The first-order chi connectivity index (χ1) is 13.4. The van der Waals surface area contributed by atoms with Crippen LogP contribution in [-0.2, 0) is 21.4 Å². The van der Waals surface area contributed by atoms with Crippen LogP contribution in [0, 0.1) is 0 Å². The van der Waals surface area contributed by atoms with Crippen LogP contribution in [0.15, 0.2) is 29.4 Å². The molecule has 1 aromatic carbocycles. The van der Waals surface area contributed by atoms with Gasteiger partial charge in [-0.05, 0) is 45.1 Å². The fourth-order valence-corrected chi connectivity index (χ4v) is 4.90. The lowest BCUT2D eigenvalue weighted by Crippen LogP contribution is -2.35. The first kappa shape index (κ1) is 20.8. The monoisotopic (exact) mass is 407 g/mol. The molecule has 8 nitrogen and oxygen atoms in total. The van der Waals surface area contributed by atoms with Gasteiger partial charge in [0.1, 0.15) is 0 Å². The van der Waals surface area contributed by atoms with E-state index in [0.29, 0.717) is 38.1 Å². The van der Waals surface area contributed by atoms with Gasteiger partial charge in [-0.25, -0.2) is 13.4 Å². The Hall–Kier alpha value is -1.97. The van der Waals surface area contributed by atoms with Crippen LogP contribution in [0.2, 0.25) is 0 Å². The third-order valence-corrected chi connectivity index (χ3v) is 6.90. The molecular formula is C19H29N5O3S. The van der Waals surface area contributed by atoms with Gasteiger partial charge in [-0.1, -0.05) is 6.42 Å². The van der Waals surface area contributed by atoms with Gasteiger partial charge in [0.15, 0.2) is 0 Å². The third kappa shape index (κ3) is 4.89. The van der Waals surface area contributed by atoms with Crippen molar-refractivity contribution in [3.8, 4) is 0 Å². The molecule has 154 valence electrons. The second-order valence-electron chi connectivity index (χ2n) is 7.46. The van der Waals surface area contributed by atoms with Crippen molar-refractivity contribution in [3.05, 3.63) is 24.5 Å². The fraction of sp³-hybridized carbons (Fsp3) is 0.579. The van der Waals surface area contributed by atoms with Crippen molar-refractivity contribution in [1.29, 1.82) is 0 Å². The predicted octanol–water partition coefficient (Wildman–Crippen LogP) is 1.28. The predicted molar refractivity (Wildman–Crippen MR) is 109 cm³/mol. The van der Waals surface area contributed by atoms with Crippen molar-refractivity contribution in [3.63, 3.8) is 0 Å². The molecule has 1 fully saturated rings. The molecule has 2 heterocycles. The van der Waals surface area contributed by atoms with Crippen molar-refractivity contribution in [2.75, 3.05) is 40.3 Å². The highest BCUT2D eigenvalue weighted by Gasteiger charge is 2.26. The molecule has 1 aromatic heterocycles.